The molecule has 0 fully saturated rings. The summed E-state index contributed by atoms with van der Waals surface area (Å²) in [5.41, 5.74) is 3.84. The zero-order chi connectivity index (χ0) is 16.3. The Morgan fingerprint density at radius 3 is 2.10 bits per heavy atom. The van der Waals surface area contributed by atoms with Gasteiger partial charge in [0.2, 0.25) is 0 Å². The molecule has 0 saturated heterocycles. The molecule has 0 unspecified atom stereocenters. The Labute approximate surface area is 131 Å². The molecule has 0 amide bonds. The van der Waals surface area contributed by atoms with Gasteiger partial charge in [0.05, 0.1) is 0 Å². The van der Waals surface area contributed by atoms with Crippen LogP contribution in [0.5, 0.6) is 5.75 Å². The molecule has 0 aliphatic carbocycles. The van der Waals surface area contributed by atoms with Gasteiger partial charge in [-0.15, -0.1) is 0 Å². The monoisotopic (exact) mass is 290 g/mol. The van der Waals surface area contributed by atoms with Crippen molar-refractivity contribution in [3.63, 3.8) is 0 Å². The fourth-order valence-corrected chi connectivity index (χ4v) is 3.64. The van der Waals surface area contributed by atoms with Crippen molar-refractivity contribution < 1.29 is 5.11 Å². The second-order valence-electron chi connectivity index (χ2n) is 8.18. The van der Waals surface area contributed by atoms with Crippen molar-refractivity contribution in [2.45, 2.75) is 86.0 Å². The van der Waals surface area contributed by atoms with E-state index in [1.165, 1.54) is 18.4 Å². The second-order valence-corrected chi connectivity index (χ2v) is 8.18. The highest BCUT2D eigenvalue weighted by atomic mass is 16.3. The third-order valence-corrected chi connectivity index (χ3v) is 4.23. The third-order valence-electron chi connectivity index (χ3n) is 4.23. The first-order chi connectivity index (χ1) is 9.62. The van der Waals surface area contributed by atoms with Gasteiger partial charge < -0.3 is 5.11 Å². The van der Waals surface area contributed by atoms with Gasteiger partial charge in [-0.3, -0.25) is 0 Å². The van der Waals surface area contributed by atoms with E-state index in [1.807, 2.05) is 0 Å². The molecule has 1 heteroatoms. The summed E-state index contributed by atoms with van der Waals surface area (Å²) < 4.78 is 0. The molecule has 0 spiro atoms. The Morgan fingerprint density at radius 1 is 1.00 bits per heavy atom. The molecule has 0 bridgehead atoms. The second kappa shape index (κ2) is 6.85. The standard InChI is InChI=1S/C20H34O/c1-8-10-11-15-12-13-17(18(21)16(15)9-2)20(6,7)14-19(3,4)5/h12-13,21H,8-11,14H2,1-7H3. The number of aromatic hydroxyl groups is 1. The molecular formula is C20H34O. The minimum atomic E-state index is -0.00442. The predicted molar refractivity (Wildman–Crippen MR) is 93.2 cm³/mol. The molecule has 0 radical (unpaired) electrons. The highest BCUT2D eigenvalue weighted by Gasteiger charge is 2.30. The van der Waals surface area contributed by atoms with Crippen LogP contribution >= 0.6 is 0 Å². The van der Waals surface area contributed by atoms with Crippen LogP contribution < -0.4 is 0 Å². The van der Waals surface area contributed by atoms with E-state index in [0.717, 1.165) is 30.4 Å². The van der Waals surface area contributed by atoms with Gasteiger partial charge in [-0.2, -0.15) is 0 Å². The summed E-state index contributed by atoms with van der Waals surface area (Å²) in [5.74, 6) is 0.542. The average Bonchev–Trinajstić information content (AvgIpc) is 2.32. The lowest BCUT2D eigenvalue weighted by molar-refractivity contribution is 0.278. The number of rotatable bonds is 6. The molecule has 1 aromatic rings. The minimum Gasteiger partial charge on any atom is -0.507 e. The summed E-state index contributed by atoms with van der Waals surface area (Å²) in [6.07, 6.45) is 5.43. The van der Waals surface area contributed by atoms with E-state index in [2.05, 4.69) is 60.6 Å². The van der Waals surface area contributed by atoms with Crippen molar-refractivity contribution in [1.29, 1.82) is 0 Å². The highest BCUT2D eigenvalue weighted by Crippen LogP contribution is 2.42. The Morgan fingerprint density at radius 2 is 1.62 bits per heavy atom. The molecule has 1 aromatic carbocycles. The lowest BCUT2D eigenvalue weighted by atomic mass is 9.71. The zero-order valence-corrected chi connectivity index (χ0v) is 15.1. The molecule has 0 aliphatic rings. The molecule has 120 valence electrons. The highest BCUT2D eigenvalue weighted by molar-refractivity contribution is 5.49. The molecule has 0 aromatic heterocycles. The van der Waals surface area contributed by atoms with E-state index >= 15 is 0 Å². The van der Waals surface area contributed by atoms with Crippen molar-refractivity contribution in [3.05, 3.63) is 28.8 Å². The summed E-state index contributed by atoms with van der Waals surface area (Å²) in [6.45, 7) is 15.7. The van der Waals surface area contributed by atoms with Crippen LogP contribution in [0.15, 0.2) is 12.1 Å². The van der Waals surface area contributed by atoms with Gasteiger partial charge in [0, 0.05) is 0 Å². The first-order valence-electron chi connectivity index (χ1n) is 8.46. The number of hydrogen-bond acceptors (Lipinski definition) is 1. The van der Waals surface area contributed by atoms with Gasteiger partial charge in [0.25, 0.3) is 0 Å². The fourth-order valence-electron chi connectivity index (χ4n) is 3.64. The van der Waals surface area contributed by atoms with Crippen molar-refractivity contribution in [3.8, 4) is 5.75 Å². The number of aryl methyl sites for hydroxylation is 1. The fraction of sp³-hybridized carbons (Fsp3) is 0.700. The smallest absolute Gasteiger partial charge is 0.122 e. The zero-order valence-electron chi connectivity index (χ0n) is 15.1. The van der Waals surface area contributed by atoms with Crippen molar-refractivity contribution in [2.75, 3.05) is 0 Å². The maximum Gasteiger partial charge on any atom is 0.122 e. The van der Waals surface area contributed by atoms with E-state index in [-0.39, 0.29) is 10.8 Å². The SMILES string of the molecule is CCCCc1ccc(C(C)(C)CC(C)(C)C)c(O)c1CC. The van der Waals surface area contributed by atoms with Gasteiger partial charge in [-0.25, -0.2) is 0 Å². The summed E-state index contributed by atoms with van der Waals surface area (Å²) in [4.78, 5) is 0. The lowest BCUT2D eigenvalue weighted by Crippen LogP contribution is -2.25. The van der Waals surface area contributed by atoms with Gasteiger partial charge in [-0.1, -0.05) is 67.0 Å². The topological polar surface area (TPSA) is 20.2 Å². The number of benzene rings is 1. The molecule has 0 heterocycles. The Bertz CT molecular complexity index is 463. The van der Waals surface area contributed by atoms with Crippen molar-refractivity contribution in [1.82, 2.24) is 0 Å². The molecule has 1 N–H and O–H groups in total. The molecule has 0 saturated carbocycles. The van der Waals surface area contributed by atoms with Crippen LogP contribution in [0.1, 0.15) is 84.4 Å². The normalized spacial score (nSPS) is 12.7. The van der Waals surface area contributed by atoms with Crippen LogP contribution in [0.4, 0.5) is 0 Å². The molecule has 1 nitrogen and oxygen atoms in total. The van der Waals surface area contributed by atoms with Crippen molar-refractivity contribution >= 4 is 0 Å². The number of phenols is 1. The van der Waals surface area contributed by atoms with Gasteiger partial charge >= 0.3 is 0 Å². The Hall–Kier alpha value is -0.980. The number of unbranched alkanes of at least 4 members (excludes halogenated alkanes) is 1. The third kappa shape index (κ3) is 4.76. The van der Waals surface area contributed by atoms with Gasteiger partial charge in [-0.05, 0) is 53.2 Å². The average molecular weight is 290 g/mol. The van der Waals surface area contributed by atoms with Gasteiger partial charge in [0.15, 0.2) is 0 Å². The molecule has 21 heavy (non-hydrogen) atoms. The molecule has 1 rings (SSSR count). The Balaban J connectivity index is 3.20. The molecule has 0 atom stereocenters. The maximum absolute atomic E-state index is 10.8. The maximum atomic E-state index is 10.8. The van der Waals surface area contributed by atoms with Crippen LogP contribution in [0, 0.1) is 5.41 Å². The summed E-state index contributed by atoms with van der Waals surface area (Å²) in [7, 11) is 0. The number of hydrogen-bond donors (Lipinski definition) is 1. The van der Waals surface area contributed by atoms with Crippen LogP contribution in [-0.2, 0) is 18.3 Å². The molecule has 0 aliphatic heterocycles. The van der Waals surface area contributed by atoms with E-state index in [1.54, 1.807) is 0 Å². The number of phenolic OH excluding ortho intramolecular Hbond substituents is 1. The first-order valence-corrected chi connectivity index (χ1v) is 8.46. The van der Waals surface area contributed by atoms with E-state index in [4.69, 9.17) is 0 Å². The summed E-state index contributed by atoms with van der Waals surface area (Å²) in [5, 5.41) is 10.8. The largest absolute Gasteiger partial charge is 0.507 e. The quantitative estimate of drug-likeness (QED) is 0.680. The molecular weight excluding hydrogens is 256 g/mol. The van der Waals surface area contributed by atoms with Gasteiger partial charge in [0.1, 0.15) is 5.75 Å². The van der Waals surface area contributed by atoms with E-state index in [9.17, 15) is 5.11 Å². The summed E-state index contributed by atoms with van der Waals surface area (Å²) >= 11 is 0. The van der Waals surface area contributed by atoms with Crippen LogP contribution in [0.25, 0.3) is 0 Å². The Kier molecular flexibility index (Phi) is 5.90. The van der Waals surface area contributed by atoms with Crippen molar-refractivity contribution in [2.24, 2.45) is 5.41 Å². The van der Waals surface area contributed by atoms with Crippen LogP contribution in [0.3, 0.4) is 0 Å². The van der Waals surface area contributed by atoms with Crippen LogP contribution in [-0.4, -0.2) is 5.11 Å². The predicted octanol–water partition coefficient (Wildman–Crippen LogP) is 6.01. The lowest BCUT2D eigenvalue weighted by Gasteiger charge is -2.34. The minimum absolute atomic E-state index is 0.00442. The van der Waals surface area contributed by atoms with E-state index in [0.29, 0.717) is 5.75 Å². The summed E-state index contributed by atoms with van der Waals surface area (Å²) in [6, 6.07) is 4.40. The van der Waals surface area contributed by atoms with E-state index < -0.39 is 0 Å². The first kappa shape index (κ1) is 18.1. The van der Waals surface area contributed by atoms with Crippen LogP contribution in [0.2, 0.25) is 0 Å².